The van der Waals surface area contributed by atoms with Gasteiger partial charge in [-0.25, -0.2) is 0 Å². The number of quaternary nitrogens is 1. The van der Waals surface area contributed by atoms with Crippen LogP contribution in [0, 0.1) is 0 Å². The number of nitrogens with zero attached hydrogens (tertiary/aromatic N) is 1. The minimum Gasteiger partial charge on any atom is -0.495 e. The number of anilines is 2. The van der Waals surface area contributed by atoms with Crippen molar-refractivity contribution in [3.05, 3.63) is 42.5 Å². The molecule has 2 N–H and O–H groups in total. The van der Waals surface area contributed by atoms with Crippen molar-refractivity contribution in [2.45, 2.75) is 13.8 Å². The molecule has 0 aromatic heterocycles. The van der Waals surface area contributed by atoms with Crippen LogP contribution in [0.25, 0.3) is 0 Å². The Hall–Kier alpha value is -2.93. The number of methoxy groups -OCH3 is 1. The zero-order valence-corrected chi connectivity index (χ0v) is 18.1. The van der Waals surface area contributed by atoms with Crippen LogP contribution >= 0.6 is 0 Å². The minimum atomic E-state index is -0.0228. The van der Waals surface area contributed by atoms with Crippen LogP contribution < -0.4 is 29.3 Å². The van der Waals surface area contributed by atoms with Crippen molar-refractivity contribution in [2.24, 2.45) is 0 Å². The molecule has 2 aromatic carbocycles. The molecule has 0 atom stereocenters. The molecule has 0 spiro atoms. The fourth-order valence-corrected chi connectivity index (χ4v) is 3.70. The Labute approximate surface area is 178 Å². The van der Waals surface area contributed by atoms with E-state index < -0.39 is 0 Å². The van der Waals surface area contributed by atoms with E-state index in [-0.39, 0.29) is 5.91 Å². The van der Waals surface area contributed by atoms with Gasteiger partial charge < -0.3 is 29.3 Å². The number of hydrogen-bond acceptors (Lipinski definition) is 5. The summed E-state index contributed by atoms with van der Waals surface area (Å²) in [6.07, 6.45) is 0. The fraction of sp³-hybridized carbons (Fsp3) is 0.435. The van der Waals surface area contributed by atoms with E-state index in [0.717, 1.165) is 37.6 Å². The molecule has 7 heteroatoms. The van der Waals surface area contributed by atoms with E-state index in [1.165, 1.54) is 4.90 Å². The van der Waals surface area contributed by atoms with Crippen LogP contribution in [0.1, 0.15) is 13.8 Å². The monoisotopic (exact) mass is 414 g/mol. The Bertz CT molecular complexity index is 835. The quantitative estimate of drug-likeness (QED) is 0.656. The van der Waals surface area contributed by atoms with Crippen molar-refractivity contribution < 1.29 is 23.9 Å². The van der Waals surface area contributed by atoms with Crippen LogP contribution in [0.2, 0.25) is 0 Å². The Morgan fingerprint density at radius 1 is 1.03 bits per heavy atom. The number of ether oxygens (including phenoxy) is 3. The second-order valence-corrected chi connectivity index (χ2v) is 7.16. The van der Waals surface area contributed by atoms with Gasteiger partial charge >= 0.3 is 0 Å². The van der Waals surface area contributed by atoms with Gasteiger partial charge in [0.25, 0.3) is 5.91 Å². The summed E-state index contributed by atoms with van der Waals surface area (Å²) in [7, 11) is 1.70. The zero-order valence-electron chi connectivity index (χ0n) is 18.1. The molecule has 0 unspecified atom stereocenters. The Kier molecular flexibility index (Phi) is 7.79. The average Bonchev–Trinajstić information content (AvgIpc) is 2.76. The van der Waals surface area contributed by atoms with E-state index in [9.17, 15) is 4.79 Å². The molecule has 1 amide bonds. The average molecular weight is 415 g/mol. The summed E-state index contributed by atoms with van der Waals surface area (Å²) in [5.41, 5.74) is 1.76. The summed E-state index contributed by atoms with van der Waals surface area (Å²) in [6, 6.07) is 13.6. The molecule has 0 saturated carbocycles. The van der Waals surface area contributed by atoms with Crippen molar-refractivity contribution >= 4 is 17.3 Å². The molecule has 1 aliphatic rings. The molecule has 0 bridgehead atoms. The topological polar surface area (TPSA) is 64.5 Å². The summed E-state index contributed by atoms with van der Waals surface area (Å²) in [4.78, 5) is 16.3. The van der Waals surface area contributed by atoms with Gasteiger partial charge in [0.15, 0.2) is 6.54 Å². The van der Waals surface area contributed by atoms with Gasteiger partial charge in [0.2, 0.25) is 0 Å². The highest BCUT2D eigenvalue weighted by atomic mass is 16.5. The highest BCUT2D eigenvalue weighted by molar-refractivity contribution is 5.93. The van der Waals surface area contributed by atoms with Crippen LogP contribution in [0.3, 0.4) is 0 Å². The van der Waals surface area contributed by atoms with E-state index >= 15 is 0 Å². The van der Waals surface area contributed by atoms with Crippen LogP contribution in [0.5, 0.6) is 17.2 Å². The second-order valence-electron chi connectivity index (χ2n) is 7.16. The molecule has 1 heterocycles. The first-order valence-corrected chi connectivity index (χ1v) is 10.6. The fourth-order valence-electron chi connectivity index (χ4n) is 3.70. The van der Waals surface area contributed by atoms with Crippen LogP contribution in [-0.4, -0.2) is 59.0 Å². The van der Waals surface area contributed by atoms with E-state index in [0.29, 0.717) is 36.9 Å². The summed E-state index contributed by atoms with van der Waals surface area (Å²) in [5, 5.41) is 3.00. The summed E-state index contributed by atoms with van der Waals surface area (Å²) < 4.78 is 16.7. The molecule has 162 valence electrons. The van der Waals surface area contributed by atoms with E-state index in [1.807, 2.05) is 50.2 Å². The molecular weight excluding hydrogens is 382 g/mol. The third-order valence-electron chi connectivity index (χ3n) is 5.14. The first kappa shape index (κ1) is 21.8. The molecule has 7 nitrogen and oxygen atoms in total. The number of nitrogens with one attached hydrogen (secondary N) is 2. The summed E-state index contributed by atoms with van der Waals surface area (Å²) >= 11 is 0. The maximum Gasteiger partial charge on any atom is 0.279 e. The lowest BCUT2D eigenvalue weighted by molar-refractivity contribution is -0.892. The van der Waals surface area contributed by atoms with E-state index in [2.05, 4.69) is 16.3 Å². The Morgan fingerprint density at radius 3 is 2.47 bits per heavy atom. The molecule has 1 fully saturated rings. The van der Waals surface area contributed by atoms with E-state index in [1.54, 1.807) is 7.11 Å². The Balaban J connectivity index is 1.57. The third-order valence-corrected chi connectivity index (χ3v) is 5.14. The van der Waals surface area contributed by atoms with Gasteiger partial charge in [-0.3, -0.25) is 4.79 Å². The highest BCUT2D eigenvalue weighted by Gasteiger charge is 2.24. The van der Waals surface area contributed by atoms with Crippen LogP contribution in [0.15, 0.2) is 42.5 Å². The lowest BCUT2D eigenvalue weighted by atomic mass is 10.2. The lowest BCUT2D eigenvalue weighted by Gasteiger charge is -2.34. The first-order chi connectivity index (χ1) is 14.6. The zero-order chi connectivity index (χ0) is 21.3. The van der Waals surface area contributed by atoms with Crippen LogP contribution in [0.4, 0.5) is 11.4 Å². The number of carbonyl (C=O) groups is 1. The number of amides is 1. The van der Waals surface area contributed by atoms with Crippen molar-refractivity contribution in [3.63, 3.8) is 0 Å². The van der Waals surface area contributed by atoms with Gasteiger partial charge in [-0.2, -0.15) is 0 Å². The molecule has 0 radical (unpaired) electrons. The predicted molar refractivity (Wildman–Crippen MR) is 118 cm³/mol. The molecule has 1 aliphatic heterocycles. The lowest BCUT2D eigenvalue weighted by Crippen LogP contribution is -3.15. The van der Waals surface area contributed by atoms with Crippen molar-refractivity contribution in [3.8, 4) is 17.2 Å². The summed E-state index contributed by atoms with van der Waals surface area (Å²) in [6.45, 7) is 8.93. The molecule has 2 aromatic rings. The van der Waals surface area contributed by atoms with Crippen molar-refractivity contribution in [2.75, 3.05) is 63.3 Å². The molecular formula is C23H32N3O4+. The van der Waals surface area contributed by atoms with E-state index in [4.69, 9.17) is 14.2 Å². The van der Waals surface area contributed by atoms with Gasteiger partial charge in [0.1, 0.15) is 17.2 Å². The predicted octanol–water partition coefficient (Wildman–Crippen LogP) is 1.84. The minimum absolute atomic E-state index is 0.0228. The molecule has 0 aliphatic carbocycles. The molecule has 30 heavy (non-hydrogen) atoms. The largest absolute Gasteiger partial charge is 0.495 e. The smallest absolute Gasteiger partial charge is 0.279 e. The Morgan fingerprint density at radius 2 is 1.77 bits per heavy atom. The maximum atomic E-state index is 12.7. The SMILES string of the molecule is CCOc1ccc(OCC)c(NC(=O)C[NH+]2CCN(c3ccccc3OC)CC2)c1. The molecule has 3 rings (SSSR count). The van der Waals surface area contributed by atoms with Crippen molar-refractivity contribution in [1.82, 2.24) is 0 Å². The number of rotatable bonds is 9. The van der Waals surface area contributed by atoms with Gasteiger partial charge in [-0.05, 0) is 38.1 Å². The first-order valence-electron chi connectivity index (χ1n) is 10.6. The van der Waals surface area contributed by atoms with Gasteiger partial charge in [0.05, 0.1) is 57.9 Å². The maximum absolute atomic E-state index is 12.7. The number of carbonyl (C=O) groups excluding carboxylic acids is 1. The number of benzene rings is 2. The van der Waals surface area contributed by atoms with Crippen molar-refractivity contribution in [1.29, 1.82) is 0 Å². The normalized spacial score (nSPS) is 14.3. The highest BCUT2D eigenvalue weighted by Crippen LogP contribution is 2.29. The van der Waals surface area contributed by atoms with Crippen LogP contribution in [-0.2, 0) is 4.79 Å². The number of para-hydroxylation sites is 2. The van der Waals surface area contributed by atoms with Gasteiger partial charge in [0, 0.05) is 6.07 Å². The molecule has 1 saturated heterocycles. The number of piperazine rings is 1. The standard InChI is InChI=1S/C23H31N3O4/c1-4-29-18-10-11-21(30-5-2)19(16-18)24-23(27)17-25-12-14-26(15-13-25)20-8-6-7-9-22(20)28-3/h6-11,16H,4-5,12-15,17H2,1-3H3,(H,24,27)/p+1. The second kappa shape index (κ2) is 10.7. The van der Waals surface area contributed by atoms with Gasteiger partial charge in [-0.15, -0.1) is 0 Å². The van der Waals surface area contributed by atoms with Gasteiger partial charge in [-0.1, -0.05) is 12.1 Å². The summed E-state index contributed by atoms with van der Waals surface area (Å²) in [5.74, 6) is 2.24. The number of hydrogen-bond donors (Lipinski definition) is 2. The third kappa shape index (κ3) is 5.57.